The number of halogens is 1. The maximum Gasteiger partial charge on any atom is 0.164 e. The Morgan fingerprint density at radius 2 is 2.04 bits per heavy atom. The van der Waals surface area contributed by atoms with Crippen LogP contribution in [0.3, 0.4) is 0 Å². The highest BCUT2D eigenvalue weighted by Crippen LogP contribution is 2.49. The van der Waals surface area contributed by atoms with E-state index in [1.54, 1.807) is 21.0 Å². The number of rotatable bonds is 2. The average molecular weight is 340 g/mol. The number of ether oxygens (including phenoxy) is 1. The Balaban J connectivity index is 2.10. The van der Waals surface area contributed by atoms with Gasteiger partial charge in [-0.2, -0.15) is 0 Å². The molecule has 1 aliphatic heterocycles. The Labute approximate surface area is 135 Å². The molecule has 1 aliphatic carbocycles. The van der Waals surface area contributed by atoms with Crippen molar-refractivity contribution in [3.63, 3.8) is 0 Å². The van der Waals surface area contributed by atoms with Crippen LogP contribution in [0.4, 0.5) is 10.1 Å². The van der Waals surface area contributed by atoms with Crippen LogP contribution in [0, 0.1) is 5.82 Å². The van der Waals surface area contributed by atoms with Gasteiger partial charge in [0.25, 0.3) is 0 Å². The monoisotopic (exact) mass is 340 g/mol. The number of hydrogen-bond acceptors (Lipinski definition) is 5. The summed E-state index contributed by atoms with van der Waals surface area (Å²) in [7, 11) is -1.91. The predicted octanol–water partition coefficient (Wildman–Crippen LogP) is 2.06. The standard InChI is InChI=1S/C16H21FN2O3S/c1-10-16(7-12(8-16)22-3)23(20,21)9-15(2,19-10)13-6-11(18)4-5-14(13)17/h4-6,12H,7-9,18H2,1-3H3/t12-,15-,16-/m0/s1. The van der Waals surface area contributed by atoms with Crippen LogP contribution in [0.1, 0.15) is 32.3 Å². The van der Waals surface area contributed by atoms with Gasteiger partial charge in [-0.15, -0.1) is 0 Å². The molecule has 2 aliphatic rings. The molecular weight excluding hydrogens is 319 g/mol. The van der Waals surface area contributed by atoms with E-state index >= 15 is 0 Å². The maximum absolute atomic E-state index is 14.2. The Bertz CT molecular complexity index is 785. The van der Waals surface area contributed by atoms with E-state index in [9.17, 15) is 12.8 Å². The summed E-state index contributed by atoms with van der Waals surface area (Å²) in [5, 5.41) is 0. The molecule has 0 aromatic heterocycles. The molecule has 1 aromatic rings. The minimum Gasteiger partial charge on any atom is -0.399 e. The van der Waals surface area contributed by atoms with Gasteiger partial charge in [0.2, 0.25) is 0 Å². The Morgan fingerprint density at radius 1 is 1.39 bits per heavy atom. The normalized spacial score (nSPS) is 35.7. The van der Waals surface area contributed by atoms with Gasteiger partial charge in [-0.1, -0.05) is 0 Å². The lowest BCUT2D eigenvalue weighted by molar-refractivity contribution is 0.0293. The fourth-order valence-corrected chi connectivity index (χ4v) is 6.33. The third kappa shape index (κ3) is 2.29. The lowest BCUT2D eigenvalue weighted by Crippen LogP contribution is -2.63. The van der Waals surface area contributed by atoms with Gasteiger partial charge in [-0.3, -0.25) is 4.99 Å². The molecule has 126 valence electrons. The molecule has 0 bridgehead atoms. The largest absolute Gasteiger partial charge is 0.399 e. The molecule has 0 unspecified atom stereocenters. The molecule has 0 amide bonds. The quantitative estimate of drug-likeness (QED) is 0.836. The smallest absolute Gasteiger partial charge is 0.164 e. The van der Waals surface area contributed by atoms with E-state index in [1.807, 2.05) is 0 Å². The third-order valence-corrected chi connectivity index (χ3v) is 7.92. The van der Waals surface area contributed by atoms with Crippen molar-refractivity contribution in [2.75, 3.05) is 18.6 Å². The summed E-state index contributed by atoms with van der Waals surface area (Å²) in [6.45, 7) is 3.36. The summed E-state index contributed by atoms with van der Waals surface area (Å²) >= 11 is 0. The van der Waals surface area contributed by atoms with Gasteiger partial charge in [-0.05, 0) is 44.9 Å². The zero-order chi connectivity index (χ0) is 17.0. The van der Waals surface area contributed by atoms with E-state index in [2.05, 4.69) is 4.99 Å². The van der Waals surface area contributed by atoms with E-state index in [0.717, 1.165) is 0 Å². The van der Waals surface area contributed by atoms with Crippen LogP contribution < -0.4 is 5.73 Å². The summed E-state index contributed by atoms with van der Waals surface area (Å²) < 4.78 is 44.4. The minimum atomic E-state index is -3.48. The van der Waals surface area contributed by atoms with E-state index in [4.69, 9.17) is 10.5 Å². The molecule has 1 saturated carbocycles. The van der Waals surface area contributed by atoms with Crippen molar-refractivity contribution in [3.8, 4) is 0 Å². The highest BCUT2D eigenvalue weighted by molar-refractivity contribution is 7.93. The Morgan fingerprint density at radius 3 is 2.61 bits per heavy atom. The zero-order valence-corrected chi connectivity index (χ0v) is 14.3. The molecule has 23 heavy (non-hydrogen) atoms. The predicted molar refractivity (Wildman–Crippen MR) is 87.8 cm³/mol. The fourth-order valence-electron chi connectivity index (χ4n) is 3.72. The first kappa shape index (κ1) is 16.4. The molecule has 1 spiro atoms. The second-order valence-electron chi connectivity index (χ2n) is 6.73. The molecule has 1 atom stereocenters. The number of nitrogens with two attached hydrogens (primary N) is 1. The van der Waals surface area contributed by atoms with Crippen LogP contribution >= 0.6 is 0 Å². The lowest BCUT2D eigenvalue weighted by Gasteiger charge is -2.50. The zero-order valence-electron chi connectivity index (χ0n) is 13.5. The maximum atomic E-state index is 14.2. The summed E-state index contributed by atoms with van der Waals surface area (Å²) in [4.78, 5) is 4.61. The van der Waals surface area contributed by atoms with Gasteiger partial charge in [0.15, 0.2) is 9.84 Å². The van der Waals surface area contributed by atoms with E-state index in [1.165, 1.54) is 18.2 Å². The minimum absolute atomic E-state index is 0.0663. The highest BCUT2D eigenvalue weighted by Gasteiger charge is 2.60. The molecular formula is C16H21FN2O3S. The van der Waals surface area contributed by atoms with Crippen LogP contribution in [-0.2, 0) is 20.1 Å². The summed E-state index contributed by atoms with van der Waals surface area (Å²) in [5.41, 5.74) is 5.71. The molecule has 2 N–H and O–H groups in total. The molecule has 0 radical (unpaired) electrons. The first-order valence-corrected chi connectivity index (χ1v) is 9.16. The second kappa shape index (κ2) is 5.01. The number of hydrogen-bond donors (Lipinski definition) is 1. The molecule has 1 heterocycles. The van der Waals surface area contributed by atoms with Crippen molar-refractivity contribution < 1.29 is 17.5 Å². The molecule has 7 heteroatoms. The molecule has 1 aromatic carbocycles. The van der Waals surface area contributed by atoms with E-state index in [0.29, 0.717) is 24.2 Å². The van der Waals surface area contributed by atoms with E-state index < -0.39 is 25.9 Å². The van der Waals surface area contributed by atoms with Gasteiger partial charge < -0.3 is 10.5 Å². The molecule has 1 fully saturated rings. The summed E-state index contributed by atoms with van der Waals surface area (Å²) in [6, 6.07) is 4.17. The van der Waals surface area contributed by atoms with Crippen molar-refractivity contribution in [2.24, 2.45) is 4.99 Å². The number of benzene rings is 1. The van der Waals surface area contributed by atoms with Crippen LogP contribution in [0.15, 0.2) is 23.2 Å². The number of nitrogen functional groups attached to an aromatic ring is 1. The van der Waals surface area contributed by atoms with Crippen molar-refractivity contribution in [1.29, 1.82) is 0 Å². The van der Waals surface area contributed by atoms with Crippen LogP contribution in [0.2, 0.25) is 0 Å². The van der Waals surface area contributed by atoms with Gasteiger partial charge in [0.05, 0.1) is 17.4 Å². The van der Waals surface area contributed by atoms with Crippen molar-refractivity contribution in [3.05, 3.63) is 29.6 Å². The van der Waals surface area contributed by atoms with Crippen LogP contribution in [0.5, 0.6) is 0 Å². The lowest BCUT2D eigenvalue weighted by atomic mass is 9.77. The van der Waals surface area contributed by atoms with Crippen molar-refractivity contribution in [2.45, 2.75) is 43.1 Å². The highest BCUT2D eigenvalue weighted by atomic mass is 32.2. The second-order valence-corrected chi connectivity index (χ2v) is 9.03. The van der Waals surface area contributed by atoms with E-state index in [-0.39, 0.29) is 17.4 Å². The topological polar surface area (TPSA) is 81.8 Å². The first-order chi connectivity index (χ1) is 10.6. The van der Waals surface area contributed by atoms with Crippen LogP contribution in [0.25, 0.3) is 0 Å². The number of sulfone groups is 1. The third-order valence-electron chi connectivity index (χ3n) is 5.16. The van der Waals surface area contributed by atoms with Gasteiger partial charge in [-0.25, -0.2) is 12.8 Å². The SMILES string of the molecule is CO[C@H]1C[C@]2(C1)C(C)=N[C@](C)(c1cc(N)ccc1F)CS2(=O)=O. The molecule has 5 nitrogen and oxygen atoms in total. The van der Waals surface area contributed by atoms with Crippen LogP contribution in [-0.4, -0.2) is 37.8 Å². The van der Waals surface area contributed by atoms with Crippen molar-refractivity contribution >= 4 is 21.2 Å². The summed E-state index contributed by atoms with van der Waals surface area (Å²) in [6.07, 6.45) is 0.760. The number of aliphatic imine (C=N–C) groups is 1. The fraction of sp³-hybridized carbons (Fsp3) is 0.562. The average Bonchev–Trinajstić information content (AvgIpc) is 2.38. The van der Waals surface area contributed by atoms with Gasteiger partial charge in [0, 0.05) is 24.1 Å². The summed E-state index contributed by atoms with van der Waals surface area (Å²) in [5.74, 6) is -0.721. The van der Waals surface area contributed by atoms with Gasteiger partial charge >= 0.3 is 0 Å². The Hall–Kier alpha value is -1.47. The number of methoxy groups -OCH3 is 1. The van der Waals surface area contributed by atoms with Crippen molar-refractivity contribution in [1.82, 2.24) is 0 Å². The number of nitrogens with zero attached hydrogens (tertiary/aromatic N) is 1. The number of anilines is 1. The molecule has 3 rings (SSSR count). The Kier molecular flexibility index (Phi) is 3.57. The molecule has 0 saturated heterocycles. The van der Waals surface area contributed by atoms with Gasteiger partial charge in [0.1, 0.15) is 10.6 Å². The first-order valence-electron chi connectivity index (χ1n) is 7.51.